The largest absolute Gasteiger partial charge is 0.451 e. The summed E-state index contributed by atoms with van der Waals surface area (Å²) < 4.78 is 11.4. The van der Waals surface area contributed by atoms with E-state index in [1.165, 1.54) is 81.9 Å². The Morgan fingerprint density at radius 1 is 0.900 bits per heavy atom. The fourth-order valence-corrected chi connectivity index (χ4v) is 6.44. The minimum atomic E-state index is -0.0753. The van der Waals surface area contributed by atoms with E-state index in [0.717, 1.165) is 34.0 Å². The Balaban J connectivity index is 0.000000297. The molecular weight excluding hydrogens is 617 g/mol. The van der Waals surface area contributed by atoms with Crippen LogP contribution >= 0.6 is 0 Å². The van der Waals surface area contributed by atoms with Crippen LogP contribution in [0.15, 0.2) is 27.5 Å². The van der Waals surface area contributed by atoms with Gasteiger partial charge < -0.3 is 8.83 Å². The molecule has 2 fully saturated rings. The predicted octanol–water partition coefficient (Wildman–Crippen LogP) is 14.4. The molecule has 0 aliphatic heterocycles. The highest BCUT2D eigenvalue weighted by atomic mass is 16.4. The van der Waals surface area contributed by atoms with E-state index < -0.39 is 0 Å². The molecule has 5 rings (SSSR count). The zero-order valence-electron chi connectivity index (χ0n) is 35.0. The number of pyridine rings is 1. The third kappa shape index (κ3) is 13.1. The van der Waals surface area contributed by atoms with E-state index in [4.69, 9.17) is 13.8 Å². The first kappa shape index (κ1) is 43.5. The standard InChI is InChI=1S/C23H33NO2.C11H15NO.C7H16.C4H10/c1-14(2)20(25)19-13-18-21(26-19)16(22(3,4)5)12-17(24-18)15-8-10-23(6,7)11-9-15;1-7(10-5-4-6-10)11-8(2)13-9(3)12-11;1-5-6-7(2,3)4;1-3-4-2/h12-15H,8-11H2,1-7H3;10H,1,4-6H2,2-3H3;5-6H2,1-4H3;3-4H2,1-2H3. The second kappa shape index (κ2) is 18.7. The number of carbonyl (C=O) groups excluding carboxylic acids is 1. The van der Waals surface area contributed by atoms with Crippen molar-refractivity contribution in [3.05, 3.63) is 53.1 Å². The summed E-state index contributed by atoms with van der Waals surface area (Å²) in [6, 6.07) is 4.08. The Bertz CT molecular complexity index is 1490. The lowest BCUT2D eigenvalue weighted by molar-refractivity contribution is 0.0913. The normalized spacial score (nSPS) is 16.4. The number of Topliss-reactive ketones (excluding diaryl/α,β-unsaturated/α-hetero) is 1. The van der Waals surface area contributed by atoms with Gasteiger partial charge in [-0.3, -0.25) is 4.79 Å². The summed E-state index contributed by atoms with van der Waals surface area (Å²) in [5.41, 5.74) is 7.03. The molecule has 0 saturated heterocycles. The molecule has 2 saturated carbocycles. The maximum absolute atomic E-state index is 12.4. The second-order valence-electron chi connectivity index (χ2n) is 18.2. The van der Waals surface area contributed by atoms with Crippen molar-refractivity contribution in [3.8, 4) is 0 Å². The maximum atomic E-state index is 12.4. The fourth-order valence-electron chi connectivity index (χ4n) is 6.44. The van der Waals surface area contributed by atoms with E-state index in [1.54, 1.807) is 0 Å². The number of nitrogens with zero attached hydrogens (tertiary/aromatic N) is 2. The SMILES string of the molecule is C=C(c1nc(C)oc1C)C1CCC1.CC(C)C(=O)c1cc2nc(C3CCC(C)(C)CC3)cc(C(C)(C)C)c2o1.CCCC.CCCC(C)(C)C. The van der Waals surface area contributed by atoms with Gasteiger partial charge in [0.2, 0.25) is 5.78 Å². The van der Waals surface area contributed by atoms with Gasteiger partial charge in [-0.15, -0.1) is 0 Å². The number of fused-ring (bicyclic) bond motifs is 1. The molecule has 282 valence electrons. The average molecular weight is 691 g/mol. The van der Waals surface area contributed by atoms with E-state index in [9.17, 15) is 4.79 Å². The molecule has 3 aromatic heterocycles. The number of aromatic nitrogens is 2. The molecule has 3 aromatic rings. The Labute approximate surface area is 306 Å². The van der Waals surface area contributed by atoms with E-state index in [0.29, 0.717) is 28.4 Å². The van der Waals surface area contributed by atoms with Crippen molar-refractivity contribution in [1.29, 1.82) is 0 Å². The van der Waals surface area contributed by atoms with E-state index >= 15 is 0 Å². The topological polar surface area (TPSA) is 69.1 Å². The molecule has 0 atom stereocenters. The van der Waals surface area contributed by atoms with Crippen molar-refractivity contribution in [1.82, 2.24) is 9.97 Å². The van der Waals surface area contributed by atoms with Gasteiger partial charge in [0.15, 0.2) is 17.2 Å². The lowest BCUT2D eigenvalue weighted by atomic mass is 9.72. The second-order valence-corrected chi connectivity index (χ2v) is 18.2. The van der Waals surface area contributed by atoms with Gasteiger partial charge in [0, 0.05) is 36.1 Å². The average Bonchev–Trinajstić information content (AvgIpc) is 3.57. The molecule has 0 unspecified atom stereocenters. The number of carbonyl (C=O) groups is 1. The Hall–Kier alpha value is -2.69. The van der Waals surface area contributed by atoms with Crippen LogP contribution in [0.3, 0.4) is 0 Å². The van der Waals surface area contributed by atoms with Crippen LogP contribution in [-0.2, 0) is 5.41 Å². The van der Waals surface area contributed by atoms with Crippen LogP contribution in [-0.4, -0.2) is 15.8 Å². The van der Waals surface area contributed by atoms with Gasteiger partial charge in [-0.1, -0.05) is 122 Å². The number of hydrogen-bond donors (Lipinski definition) is 0. The van der Waals surface area contributed by atoms with Crippen LogP contribution in [0.25, 0.3) is 16.7 Å². The number of aryl methyl sites for hydroxylation is 2. The van der Waals surface area contributed by atoms with Gasteiger partial charge in [-0.05, 0) is 85.7 Å². The summed E-state index contributed by atoms with van der Waals surface area (Å²) >= 11 is 0. The van der Waals surface area contributed by atoms with Gasteiger partial charge in [-0.2, -0.15) is 0 Å². The van der Waals surface area contributed by atoms with Crippen molar-refractivity contribution >= 4 is 22.5 Å². The highest BCUT2D eigenvalue weighted by molar-refractivity contribution is 5.98. The van der Waals surface area contributed by atoms with Gasteiger partial charge in [0.1, 0.15) is 17.0 Å². The van der Waals surface area contributed by atoms with Gasteiger partial charge >= 0.3 is 0 Å². The molecule has 5 nitrogen and oxygen atoms in total. The number of oxazole rings is 1. The van der Waals surface area contributed by atoms with Crippen LogP contribution in [0.2, 0.25) is 0 Å². The molecular formula is C45H74N2O3. The van der Waals surface area contributed by atoms with Gasteiger partial charge in [0.05, 0.1) is 0 Å². The number of furan rings is 1. The molecule has 0 spiro atoms. The first-order valence-corrected chi connectivity index (χ1v) is 19.8. The van der Waals surface area contributed by atoms with Gasteiger partial charge in [-0.25, -0.2) is 9.97 Å². The van der Waals surface area contributed by atoms with Gasteiger partial charge in [0.25, 0.3) is 0 Å². The number of ketones is 1. The first-order chi connectivity index (χ1) is 23.1. The Morgan fingerprint density at radius 3 is 1.86 bits per heavy atom. The lowest BCUT2D eigenvalue weighted by Crippen LogP contribution is -2.21. The van der Waals surface area contributed by atoms with Crippen molar-refractivity contribution in [2.75, 3.05) is 0 Å². The predicted molar refractivity (Wildman–Crippen MR) is 214 cm³/mol. The Morgan fingerprint density at radius 2 is 1.48 bits per heavy atom. The summed E-state index contributed by atoms with van der Waals surface area (Å²) in [5.74, 6) is 3.23. The molecule has 5 heteroatoms. The molecule has 3 heterocycles. The fraction of sp³-hybridized carbons (Fsp3) is 0.711. The molecule has 2 aliphatic carbocycles. The van der Waals surface area contributed by atoms with Crippen molar-refractivity contribution in [3.63, 3.8) is 0 Å². The first-order valence-electron chi connectivity index (χ1n) is 19.8. The minimum Gasteiger partial charge on any atom is -0.451 e. The molecule has 0 N–H and O–H groups in total. The smallest absolute Gasteiger partial charge is 0.200 e. The summed E-state index contributed by atoms with van der Waals surface area (Å²) in [6.07, 6.45) is 14.0. The van der Waals surface area contributed by atoms with E-state index in [-0.39, 0.29) is 17.1 Å². The van der Waals surface area contributed by atoms with Crippen LogP contribution < -0.4 is 0 Å². The molecule has 0 amide bonds. The summed E-state index contributed by atoms with van der Waals surface area (Å²) in [7, 11) is 0. The third-order valence-corrected chi connectivity index (χ3v) is 10.1. The molecule has 50 heavy (non-hydrogen) atoms. The van der Waals surface area contributed by atoms with Crippen LogP contribution in [0, 0.1) is 36.5 Å². The lowest BCUT2D eigenvalue weighted by Gasteiger charge is -2.34. The van der Waals surface area contributed by atoms with Crippen LogP contribution in [0.4, 0.5) is 0 Å². The van der Waals surface area contributed by atoms with E-state index in [2.05, 4.69) is 93.8 Å². The summed E-state index contributed by atoms with van der Waals surface area (Å²) in [5, 5.41) is 0. The zero-order chi connectivity index (χ0) is 38.0. The number of allylic oxidation sites excluding steroid dienone is 1. The molecule has 2 aliphatic rings. The number of unbranched alkanes of at least 4 members (excludes halogenated alkanes) is 1. The maximum Gasteiger partial charge on any atom is 0.200 e. The summed E-state index contributed by atoms with van der Waals surface area (Å²) in [4.78, 5) is 21.7. The van der Waals surface area contributed by atoms with E-state index in [1.807, 2.05) is 33.8 Å². The van der Waals surface area contributed by atoms with Crippen molar-refractivity contribution < 1.29 is 13.6 Å². The van der Waals surface area contributed by atoms with Crippen LogP contribution in [0.5, 0.6) is 0 Å². The highest BCUT2D eigenvalue weighted by Crippen LogP contribution is 2.44. The van der Waals surface area contributed by atoms with Crippen molar-refractivity contribution in [2.24, 2.45) is 22.7 Å². The molecule has 0 bridgehead atoms. The number of hydrogen-bond acceptors (Lipinski definition) is 5. The van der Waals surface area contributed by atoms with Crippen molar-refractivity contribution in [2.45, 2.75) is 186 Å². The van der Waals surface area contributed by atoms with Crippen LogP contribution in [0.1, 0.15) is 206 Å². The summed E-state index contributed by atoms with van der Waals surface area (Å²) in [6.45, 7) is 36.5. The third-order valence-electron chi connectivity index (χ3n) is 10.1. The number of rotatable bonds is 7. The minimum absolute atomic E-state index is 0.0452. The monoisotopic (exact) mass is 691 g/mol. The molecule has 0 aromatic carbocycles. The quantitative estimate of drug-likeness (QED) is 0.231. The molecule has 0 radical (unpaired) electrons. The Kier molecular flexibility index (Phi) is 16.3. The zero-order valence-corrected chi connectivity index (χ0v) is 35.0. The highest BCUT2D eigenvalue weighted by Gasteiger charge is 2.31.